The third kappa shape index (κ3) is 9.94. The van der Waals surface area contributed by atoms with E-state index in [0.29, 0.717) is 37.6 Å². The summed E-state index contributed by atoms with van der Waals surface area (Å²) in [6.07, 6.45) is 1.97. The number of nitrogens with zero attached hydrogens (tertiary/aromatic N) is 1. The molecule has 0 radical (unpaired) electrons. The van der Waals surface area contributed by atoms with Gasteiger partial charge in [0.15, 0.2) is 0 Å². The standard InChI is InChI=1S/C37H41ClF2N4O4S/c1-49(46,47)44-30(21-42-22-31(44)24-48-23-26-6-3-2-4-7-26)18-19-32-34(40)8-5-9-35(32)43-37(45)36(41)33(27-12-14-28(38)15-13-27)20-25-10-16-29(39)17-11-25/h2-17,30-31,33,36,42H,18-24,41H2,1H3,(H,43,45)/t30-,31?,33?,36-/m0/s1. The third-order valence-electron chi connectivity index (χ3n) is 8.79. The van der Waals surface area contributed by atoms with Crippen molar-refractivity contribution in [1.29, 1.82) is 0 Å². The van der Waals surface area contributed by atoms with Crippen LogP contribution in [0.5, 0.6) is 0 Å². The van der Waals surface area contributed by atoms with Crippen LogP contribution in [0.1, 0.15) is 34.6 Å². The van der Waals surface area contributed by atoms with Crippen molar-refractivity contribution >= 4 is 33.2 Å². The Hall–Kier alpha value is -3.71. The molecule has 0 spiro atoms. The van der Waals surface area contributed by atoms with Gasteiger partial charge in [-0.05, 0) is 72.4 Å². The first-order valence-electron chi connectivity index (χ1n) is 16.1. The van der Waals surface area contributed by atoms with E-state index >= 15 is 4.39 Å². The van der Waals surface area contributed by atoms with E-state index in [-0.39, 0.29) is 30.1 Å². The summed E-state index contributed by atoms with van der Waals surface area (Å²) >= 11 is 6.11. The second-order valence-electron chi connectivity index (χ2n) is 12.4. The van der Waals surface area contributed by atoms with Crippen LogP contribution in [0.4, 0.5) is 14.5 Å². The minimum Gasteiger partial charge on any atom is -0.375 e. The molecule has 1 aliphatic heterocycles. The van der Waals surface area contributed by atoms with E-state index in [9.17, 15) is 17.6 Å². The summed E-state index contributed by atoms with van der Waals surface area (Å²) in [5.41, 5.74) is 9.64. The van der Waals surface area contributed by atoms with Crippen molar-refractivity contribution in [3.63, 3.8) is 0 Å². The fraction of sp³-hybridized carbons (Fsp3) is 0.324. The van der Waals surface area contributed by atoms with Gasteiger partial charge >= 0.3 is 0 Å². The number of amides is 1. The molecule has 1 fully saturated rings. The molecule has 0 saturated carbocycles. The van der Waals surface area contributed by atoms with Crippen LogP contribution in [0.15, 0.2) is 97.1 Å². The molecule has 8 nitrogen and oxygen atoms in total. The molecule has 1 aliphatic rings. The minimum atomic E-state index is -3.64. The van der Waals surface area contributed by atoms with Crippen LogP contribution in [0.25, 0.3) is 0 Å². The first-order valence-corrected chi connectivity index (χ1v) is 18.4. The molecule has 4 atom stereocenters. The number of anilines is 1. The molecule has 0 bridgehead atoms. The van der Waals surface area contributed by atoms with Gasteiger partial charge in [0.1, 0.15) is 11.6 Å². The predicted molar refractivity (Wildman–Crippen MR) is 189 cm³/mol. The molecule has 5 rings (SSSR count). The summed E-state index contributed by atoms with van der Waals surface area (Å²) in [4.78, 5) is 13.7. The van der Waals surface area contributed by atoms with Crippen LogP contribution in [0.3, 0.4) is 0 Å². The average molecular weight is 711 g/mol. The first-order chi connectivity index (χ1) is 23.5. The van der Waals surface area contributed by atoms with Crippen molar-refractivity contribution < 1.29 is 26.7 Å². The maximum atomic E-state index is 15.4. The number of nitrogens with one attached hydrogen (secondary N) is 2. The lowest BCUT2D eigenvalue weighted by Crippen LogP contribution is -2.60. The maximum absolute atomic E-state index is 15.4. The molecule has 12 heteroatoms. The maximum Gasteiger partial charge on any atom is 0.241 e. The second kappa shape index (κ2) is 16.8. The molecule has 260 valence electrons. The highest BCUT2D eigenvalue weighted by Crippen LogP contribution is 2.29. The van der Waals surface area contributed by atoms with Gasteiger partial charge < -0.3 is 21.1 Å². The number of ether oxygens (including phenoxy) is 1. The summed E-state index contributed by atoms with van der Waals surface area (Å²) in [6.45, 7) is 1.35. The Morgan fingerprint density at radius 1 is 0.959 bits per heavy atom. The number of hydrogen-bond donors (Lipinski definition) is 3. The number of piperazine rings is 1. The third-order valence-corrected chi connectivity index (χ3v) is 10.4. The van der Waals surface area contributed by atoms with Crippen molar-refractivity contribution in [2.24, 2.45) is 5.73 Å². The van der Waals surface area contributed by atoms with E-state index < -0.39 is 45.8 Å². The second-order valence-corrected chi connectivity index (χ2v) is 14.7. The highest BCUT2D eigenvalue weighted by molar-refractivity contribution is 7.88. The monoisotopic (exact) mass is 710 g/mol. The van der Waals surface area contributed by atoms with E-state index in [1.165, 1.54) is 34.8 Å². The van der Waals surface area contributed by atoms with E-state index in [1.54, 1.807) is 42.5 Å². The highest BCUT2D eigenvalue weighted by Gasteiger charge is 2.37. The zero-order chi connectivity index (χ0) is 35.0. The summed E-state index contributed by atoms with van der Waals surface area (Å²) in [7, 11) is -3.64. The van der Waals surface area contributed by atoms with Crippen molar-refractivity contribution in [2.75, 3.05) is 31.3 Å². The van der Waals surface area contributed by atoms with E-state index in [1.807, 2.05) is 30.3 Å². The molecule has 1 saturated heterocycles. The van der Waals surface area contributed by atoms with Gasteiger partial charge in [0.25, 0.3) is 0 Å². The Bertz CT molecular complexity index is 1800. The number of sulfonamides is 1. The summed E-state index contributed by atoms with van der Waals surface area (Å²) in [5, 5.41) is 6.67. The van der Waals surface area contributed by atoms with Crippen molar-refractivity contribution in [3.8, 4) is 0 Å². The van der Waals surface area contributed by atoms with E-state index in [4.69, 9.17) is 22.1 Å². The zero-order valence-corrected chi connectivity index (χ0v) is 28.8. The Labute approximate surface area is 291 Å². The Morgan fingerprint density at radius 2 is 1.65 bits per heavy atom. The predicted octanol–water partition coefficient (Wildman–Crippen LogP) is 5.66. The average Bonchev–Trinajstić information content (AvgIpc) is 3.08. The van der Waals surface area contributed by atoms with Crippen molar-refractivity contribution in [1.82, 2.24) is 9.62 Å². The number of carbonyl (C=O) groups excluding carboxylic acids is 1. The van der Waals surface area contributed by atoms with Gasteiger partial charge in [-0.2, -0.15) is 4.31 Å². The quantitative estimate of drug-likeness (QED) is 0.156. The normalized spacial score (nSPS) is 18.1. The largest absolute Gasteiger partial charge is 0.375 e. The lowest BCUT2D eigenvalue weighted by Gasteiger charge is -2.40. The summed E-state index contributed by atoms with van der Waals surface area (Å²) < 4.78 is 62.4. The van der Waals surface area contributed by atoms with Crippen LogP contribution in [-0.4, -0.2) is 62.7 Å². The Morgan fingerprint density at radius 3 is 2.35 bits per heavy atom. The molecular formula is C37H41ClF2N4O4S. The molecule has 0 aromatic heterocycles. The number of benzene rings is 4. The minimum absolute atomic E-state index is 0.156. The lowest BCUT2D eigenvalue weighted by molar-refractivity contribution is -0.117. The van der Waals surface area contributed by atoms with Crippen LogP contribution < -0.4 is 16.4 Å². The number of rotatable bonds is 14. The van der Waals surface area contributed by atoms with Crippen molar-refractivity contribution in [2.45, 2.75) is 49.9 Å². The number of nitrogens with two attached hydrogens (primary N) is 1. The van der Waals surface area contributed by atoms with Crippen LogP contribution in [0.2, 0.25) is 5.02 Å². The number of halogens is 3. The fourth-order valence-electron chi connectivity index (χ4n) is 6.36. The summed E-state index contributed by atoms with van der Waals surface area (Å²) in [5.74, 6) is -1.92. The van der Waals surface area contributed by atoms with Gasteiger partial charge in [0.2, 0.25) is 15.9 Å². The fourth-order valence-corrected chi connectivity index (χ4v) is 7.89. The first kappa shape index (κ1) is 36.6. The topological polar surface area (TPSA) is 114 Å². The van der Waals surface area contributed by atoms with Crippen molar-refractivity contribution in [3.05, 3.63) is 136 Å². The van der Waals surface area contributed by atoms with Gasteiger partial charge in [-0.3, -0.25) is 4.79 Å². The van der Waals surface area contributed by atoms with Gasteiger partial charge in [-0.1, -0.05) is 72.3 Å². The molecule has 1 amide bonds. The van der Waals surface area contributed by atoms with E-state index in [0.717, 1.165) is 16.7 Å². The molecular weight excluding hydrogens is 670 g/mol. The van der Waals surface area contributed by atoms with Crippen LogP contribution >= 0.6 is 11.6 Å². The molecule has 4 N–H and O–H groups in total. The zero-order valence-electron chi connectivity index (χ0n) is 27.2. The molecule has 1 heterocycles. The number of carbonyl (C=O) groups is 1. The smallest absolute Gasteiger partial charge is 0.241 e. The molecule has 2 unspecified atom stereocenters. The van der Waals surface area contributed by atoms with Crippen LogP contribution in [0, 0.1) is 11.6 Å². The molecule has 49 heavy (non-hydrogen) atoms. The Balaban J connectivity index is 1.30. The van der Waals surface area contributed by atoms with Gasteiger partial charge in [-0.15, -0.1) is 0 Å². The SMILES string of the molecule is CS(=O)(=O)N1C(COCc2ccccc2)CNC[C@@H]1CCc1c(F)cccc1NC(=O)[C@@H](N)C(Cc1ccc(F)cc1)c1ccc(Cl)cc1. The van der Waals surface area contributed by atoms with Gasteiger partial charge in [-0.25, -0.2) is 17.2 Å². The molecule has 4 aromatic rings. The molecule has 0 aliphatic carbocycles. The lowest BCUT2D eigenvalue weighted by atomic mass is 9.85. The highest BCUT2D eigenvalue weighted by atomic mass is 35.5. The molecule has 4 aromatic carbocycles. The van der Waals surface area contributed by atoms with Gasteiger partial charge in [0.05, 0.1) is 31.6 Å². The van der Waals surface area contributed by atoms with E-state index in [2.05, 4.69) is 10.6 Å². The Kier molecular flexibility index (Phi) is 12.5. The van der Waals surface area contributed by atoms with Gasteiger partial charge in [0, 0.05) is 41.3 Å². The van der Waals surface area contributed by atoms with Crippen LogP contribution in [-0.2, 0) is 39.0 Å². The number of hydrogen-bond acceptors (Lipinski definition) is 6. The summed E-state index contributed by atoms with van der Waals surface area (Å²) in [6, 6.07) is 25.1.